The molecule has 0 aromatic heterocycles. The molecule has 0 N–H and O–H groups in total. The summed E-state index contributed by atoms with van der Waals surface area (Å²) in [5.41, 5.74) is 3.97. The average molecular weight is 353 g/mol. The highest BCUT2D eigenvalue weighted by Gasteiger charge is 2.28. The Morgan fingerprint density at radius 3 is 2.09 bits per heavy atom. The highest BCUT2D eigenvalue weighted by molar-refractivity contribution is 8.14. The van der Waals surface area contributed by atoms with E-state index in [0.29, 0.717) is 10.4 Å². The number of hydrogen-bond donors (Lipinski definition) is 0. The zero-order chi connectivity index (χ0) is 17.8. The molecule has 130 valence electrons. The van der Waals surface area contributed by atoms with Crippen LogP contribution in [0.15, 0.2) is 17.0 Å². The number of benzene rings is 1. The van der Waals surface area contributed by atoms with Crippen molar-refractivity contribution in [3.8, 4) is 0 Å². The number of aryl methyl sites for hydroxylation is 3. The Bertz CT molecular complexity index is 520. The van der Waals surface area contributed by atoms with E-state index in [4.69, 9.17) is 0 Å². The SMILES string of the molecule is CCC[C@@H](Sc1c(C)cc(C)cc1C)[C@@H](C)C(=O)SC(C)(C)C. The summed E-state index contributed by atoms with van der Waals surface area (Å²) in [4.78, 5) is 14.0. The molecule has 0 aliphatic heterocycles. The summed E-state index contributed by atoms with van der Waals surface area (Å²) in [6.07, 6.45) is 2.19. The van der Waals surface area contributed by atoms with Gasteiger partial charge in [0.1, 0.15) is 0 Å². The first-order valence-electron chi connectivity index (χ1n) is 8.52. The van der Waals surface area contributed by atoms with Gasteiger partial charge in [0.15, 0.2) is 5.12 Å². The first-order chi connectivity index (χ1) is 10.5. The lowest BCUT2D eigenvalue weighted by Crippen LogP contribution is -2.25. The topological polar surface area (TPSA) is 17.1 Å². The van der Waals surface area contributed by atoms with Crippen LogP contribution in [0.1, 0.15) is 64.2 Å². The molecule has 0 amide bonds. The van der Waals surface area contributed by atoms with Crippen molar-refractivity contribution in [3.63, 3.8) is 0 Å². The zero-order valence-corrected chi connectivity index (χ0v) is 17.6. The van der Waals surface area contributed by atoms with Crippen molar-refractivity contribution in [2.45, 2.75) is 83.1 Å². The number of carbonyl (C=O) groups is 1. The van der Waals surface area contributed by atoms with E-state index in [1.165, 1.54) is 33.3 Å². The fraction of sp³-hybridized carbons (Fsp3) is 0.650. The van der Waals surface area contributed by atoms with Gasteiger partial charge in [0.25, 0.3) is 0 Å². The van der Waals surface area contributed by atoms with E-state index in [9.17, 15) is 4.79 Å². The van der Waals surface area contributed by atoms with Crippen molar-refractivity contribution in [2.75, 3.05) is 0 Å². The van der Waals surface area contributed by atoms with Crippen molar-refractivity contribution in [1.29, 1.82) is 0 Å². The Morgan fingerprint density at radius 2 is 1.65 bits per heavy atom. The van der Waals surface area contributed by atoms with E-state index in [2.05, 4.69) is 67.5 Å². The first kappa shape index (κ1) is 20.6. The van der Waals surface area contributed by atoms with Crippen LogP contribution in [0.5, 0.6) is 0 Å². The Kier molecular flexibility index (Phi) is 7.73. The van der Waals surface area contributed by atoms with Crippen LogP contribution in [0.4, 0.5) is 0 Å². The quantitative estimate of drug-likeness (QED) is 0.539. The highest BCUT2D eigenvalue weighted by Crippen LogP contribution is 2.39. The Morgan fingerprint density at radius 1 is 1.13 bits per heavy atom. The van der Waals surface area contributed by atoms with Crippen LogP contribution in [0, 0.1) is 26.7 Å². The third kappa shape index (κ3) is 6.54. The lowest BCUT2D eigenvalue weighted by Gasteiger charge is -2.26. The molecule has 1 aromatic carbocycles. The molecular formula is C20H32OS2. The van der Waals surface area contributed by atoms with Crippen molar-refractivity contribution >= 4 is 28.6 Å². The molecule has 1 aromatic rings. The maximum Gasteiger partial charge on any atom is 0.193 e. The summed E-state index contributed by atoms with van der Waals surface area (Å²) in [7, 11) is 0. The Labute approximate surface area is 151 Å². The van der Waals surface area contributed by atoms with Crippen LogP contribution in [0.2, 0.25) is 0 Å². The highest BCUT2D eigenvalue weighted by atomic mass is 32.2. The maximum atomic E-state index is 12.6. The average Bonchev–Trinajstić information content (AvgIpc) is 2.38. The van der Waals surface area contributed by atoms with Gasteiger partial charge in [-0.15, -0.1) is 11.8 Å². The molecule has 1 nitrogen and oxygen atoms in total. The smallest absolute Gasteiger partial charge is 0.193 e. The summed E-state index contributed by atoms with van der Waals surface area (Å²) in [5.74, 6) is 0.0734. The normalized spacial score (nSPS) is 14.6. The largest absolute Gasteiger partial charge is 0.287 e. The molecule has 1 rings (SSSR count). The van der Waals surface area contributed by atoms with Gasteiger partial charge in [-0.1, -0.05) is 70.5 Å². The second kappa shape index (κ2) is 8.62. The maximum absolute atomic E-state index is 12.6. The van der Waals surface area contributed by atoms with Crippen LogP contribution in [0.25, 0.3) is 0 Å². The molecule has 0 bridgehead atoms. The van der Waals surface area contributed by atoms with Crippen LogP contribution in [0.3, 0.4) is 0 Å². The molecule has 0 saturated heterocycles. The molecule has 2 atom stereocenters. The summed E-state index contributed by atoms with van der Waals surface area (Å²) >= 11 is 3.39. The second-order valence-electron chi connectivity index (χ2n) is 7.49. The number of carbonyl (C=O) groups excluding carboxylic acids is 1. The first-order valence-corrected chi connectivity index (χ1v) is 10.2. The van der Waals surface area contributed by atoms with Crippen LogP contribution < -0.4 is 0 Å². The summed E-state index contributed by atoms with van der Waals surface area (Å²) in [6, 6.07) is 4.49. The second-order valence-corrected chi connectivity index (χ2v) is 10.6. The van der Waals surface area contributed by atoms with Gasteiger partial charge < -0.3 is 0 Å². The van der Waals surface area contributed by atoms with Crippen molar-refractivity contribution in [1.82, 2.24) is 0 Å². The van der Waals surface area contributed by atoms with E-state index in [1.54, 1.807) is 0 Å². The van der Waals surface area contributed by atoms with Crippen molar-refractivity contribution in [2.24, 2.45) is 5.92 Å². The van der Waals surface area contributed by atoms with E-state index >= 15 is 0 Å². The standard InChI is InChI=1S/C20H32OS2/c1-9-10-17(16(5)19(21)23-20(6,7)8)22-18-14(3)11-13(2)12-15(18)4/h11-12,16-17H,9-10H2,1-8H3/t16-,17-/m1/s1. The van der Waals surface area contributed by atoms with Gasteiger partial charge in [0.05, 0.1) is 0 Å². The molecule has 0 radical (unpaired) electrons. The van der Waals surface area contributed by atoms with E-state index in [-0.39, 0.29) is 10.7 Å². The molecule has 3 heteroatoms. The molecule has 0 aliphatic rings. The van der Waals surface area contributed by atoms with Gasteiger partial charge in [0.2, 0.25) is 0 Å². The van der Waals surface area contributed by atoms with Crippen molar-refractivity contribution < 1.29 is 4.79 Å². The molecule has 0 saturated carbocycles. The van der Waals surface area contributed by atoms with Crippen molar-refractivity contribution in [3.05, 3.63) is 28.8 Å². The molecule has 0 fully saturated rings. The van der Waals surface area contributed by atoms with E-state index in [1.807, 2.05) is 11.8 Å². The number of rotatable bonds is 6. The minimum Gasteiger partial charge on any atom is -0.287 e. The lowest BCUT2D eigenvalue weighted by molar-refractivity contribution is -0.114. The lowest BCUT2D eigenvalue weighted by atomic mass is 10.1. The van der Waals surface area contributed by atoms with E-state index < -0.39 is 0 Å². The monoisotopic (exact) mass is 352 g/mol. The molecule has 0 unspecified atom stereocenters. The summed E-state index contributed by atoms with van der Waals surface area (Å²) < 4.78 is -0.0114. The zero-order valence-electron chi connectivity index (χ0n) is 15.9. The third-order valence-corrected chi connectivity index (χ3v) is 6.80. The van der Waals surface area contributed by atoms with Gasteiger partial charge in [-0.05, 0) is 38.3 Å². The number of hydrogen-bond acceptors (Lipinski definition) is 3. The predicted molar refractivity (Wildman–Crippen MR) is 107 cm³/mol. The minimum atomic E-state index is -0.0114. The molecule has 0 heterocycles. The predicted octanol–water partition coefficient (Wildman–Crippen LogP) is 6.57. The molecule has 0 aliphatic carbocycles. The molecular weight excluding hydrogens is 320 g/mol. The van der Waals surface area contributed by atoms with Gasteiger partial charge >= 0.3 is 0 Å². The van der Waals surface area contributed by atoms with Crippen LogP contribution >= 0.6 is 23.5 Å². The van der Waals surface area contributed by atoms with Crippen LogP contribution in [-0.2, 0) is 4.79 Å². The van der Waals surface area contributed by atoms with E-state index in [0.717, 1.165) is 12.8 Å². The molecule has 0 spiro atoms. The van der Waals surface area contributed by atoms with Gasteiger partial charge in [-0.25, -0.2) is 0 Å². The van der Waals surface area contributed by atoms with Gasteiger partial charge in [-0.3, -0.25) is 4.79 Å². The Balaban J connectivity index is 2.97. The minimum absolute atomic E-state index is 0.0114. The van der Waals surface area contributed by atoms with Gasteiger partial charge in [-0.2, -0.15) is 0 Å². The summed E-state index contributed by atoms with van der Waals surface area (Å²) in [5, 5.41) is 0.674. The molecule has 23 heavy (non-hydrogen) atoms. The fourth-order valence-electron chi connectivity index (χ4n) is 2.75. The fourth-order valence-corrected chi connectivity index (χ4v) is 5.26. The van der Waals surface area contributed by atoms with Crippen LogP contribution in [-0.4, -0.2) is 15.1 Å². The number of thioether (sulfide) groups is 2. The third-order valence-electron chi connectivity index (χ3n) is 3.78. The van der Waals surface area contributed by atoms with Gasteiger partial charge in [0, 0.05) is 20.8 Å². The Hall–Kier alpha value is -0.410. The summed E-state index contributed by atoms with van der Waals surface area (Å²) in [6.45, 7) is 17.1.